The monoisotopic (exact) mass is 276 g/mol. The Labute approximate surface area is 118 Å². The van der Waals surface area contributed by atoms with Crippen LogP contribution in [-0.2, 0) is 17.6 Å². The molecule has 0 fully saturated rings. The van der Waals surface area contributed by atoms with Gasteiger partial charge in [-0.2, -0.15) is 5.26 Å². The largest absolute Gasteiger partial charge is 0.316 e. The molecule has 0 radical (unpaired) electrons. The standard InChI is InChI=1S/C15H20N2OS/c1-9-5-6-12-10(7-9)11(8-16)13(19-12)17-14(18)15(2,3)4/h9H,5-7H2,1-4H3,(H,17,18)/t9-/m1/s1. The highest BCUT2D eigenvalue weighted by molar-refractivity contribution is 7.16. The summed E-state index contributed by atoms with van der Waals surface area (Å²) >= 11 is 1.58. The Bertz CT molecular complexity index is 546. The summed E-state index contributed by atoms with van der Waals surface area (Å²) in [6.45, 7) is 7.85. The molecule has 1 heterocycles. The first-order chi connectivity index (χ1) is 8.82. The fourth-order valence-electron chi connectivity index (χ4n) is 2.26. The number of aryl methyl sites for hydroxylation is 1. The maximum atomic E-state index is 12.1. The number of carbonyl (C=O) groups is 1. The van der Waals surface area contributed by atoms with E-state index in [2.05, 4.69) is 18.3 Å². The Morgan fingerprint density at radius 1 is 1.47 bits per heavy atom. The second-order valence-corrected chi connectivity index (χ2v) is 7.48. The van der Waals surface area contributed by atoms with Crippen molar-refractivity contribution in [3.8, 4) is 6.07 Å². The maximum Gasteiger partial charge on any atom is 0.230 e. The van der Waals surface area contributed by atoms with E-state index in [-0.39, 0.29) is 5.91 Å². The fraction of sp³-hybridized carbons (Fsp3) is 0.600. The molecule has 3 nitrogen and oxygen atoms in total. The third-order valence-electron chi connectivity index (χ3n) is 3.53. The van der Waals surface area contributed by atoms with E-state index in [1.54, 1.807) is 11.3 Å². The fourth-order valence-corrected chi connectivity index (χ4v) is 3.44. The molecule has 1 aromatic rings. The lowest BCUT2D eigenvalue weighted by atomic mass is 9.88. The maximum absolute atomic E-state index is 12.1. The first-order valence-corrected chi connectivity index (χ1v) is 7.50. The zero-order valence-electron chi connectivity index (χ0n) is 12.0. The van der Waals surface area contributed by atoms with Crippen molar-refractivity contribution >= 4 is 22.2 Å². The van der Waals surface area contributed by atoms with Crippen molar-refractivity contribution in [3.63, 3.8) is 0 Å². The van der Waals surface area contributed by atoms with Crippen LogP contribution in [0.4, 0.5) is 5.00 Å². The number of nitrogens with one attached hydrogen (secondary N) is 1. The topological polar surface area (TPSA) is 52.9 Å². The summed E-state index contributed by atoms with van der Waals surface area (Å²) < 4.78 is 0. The zero-order valence-corrected chi connectivity index (χ0v) is 12.8. The van der Waals surface area contributed by atoms with Gasteiger partial charge in [-0.1, -0.05) is 27.7 Å². The average Bonchev–Trinajstić information content (AvgIpc) is 2.64. The molecule has 0 bridgehead atoms. The summed E-state index contributed by atoms with van der Waals surface area (Å²) in [4.78, 5) is 13.3. The molecule has 4 heteroatoms. The van der Waals surface area contributed by atoms with Gasteiger partial charge in [0.15, 0.2) is 0 Å². The number of anilines is 1. The van der Waals surface area contributed by atoms with Crippen LogP contribution in [0.3, 0.4) is 0 Å². The van der Waals surface area contributed by atoms with Gasteiger partial charge in [0.05, 0.1) is 5.56 Å². The average molecular weight is 276 g/mol. The van der Waals surface area contributed by atoms with E-state index in [4.69, 9.17) is 0 Å². The molecular weight excluding hydrogens is 256 g/mol. The Morgan fingerprint density at radius 2 is 2.16 bits per heavy atom. The van der Waals surface area contributed by atoms with Gasteiger partial charge in [0.1, 0.15) is 11.1 Å². The molecule has 0 saturated carbocycles. The van der Waals surface area contributed by atoms with Crippen LogP contribution < -0.4 is 5.32 Å². The van der Waals surface area contributed by atoms with Gasteiger partial charge in [-0.15, -0.1) is 11.3 Å². The Hall–Kier alpha value is -1.34. The quantitative estimate of drug-likeness (QED) is 0.849. The van der Waals surface area contributed by atoms with E-state index in [1.165, 1.54) is 11.3 Å². The van der Waals surface area contributed by atoms with Crippen molar-refractivity contribution in [1.29, 1.82) is 5.26 Å². The van der Waals surface area contributed by atoms with Crippen LogP contribution in [0.15, 0.2) is 0 Å². The van der Waals surface area contributed by atoms with E-state index in [0.717, 1.165) is 23.4 Å². The first kappa shape index (κ1) is 14.1. The number of rotatable bonds is 1. The van der Waals surface area contributed by atoms with E-state index in [1.807, 2.05) is 20.8 Å². The van der Waals surface area contributed by atoms with Crippen molar-refractivity contribution in [2.45, 2.75) is 47.0 Å². The molecule has 1 aliphatic carbocycles. The van der Waals surface area contributed by atoms with E-state index in [0.29, 0.717) is 11.5 Å². The van der Waals surface area contributed by atoms with Gasteiger partial charge in [0.2, 0.25) is 5.91 Å². The molecule has 102 valence electrons. The normalized spacial score (nSPS) is 18.6. The molecule has 1 N–H and O–H groups in total. The minimum absolute atomic E-state index is 0.0318. The van der Waals surface area contributed by atoms with Crippen LogP contribution in [0, 0.1) is 22.7 Å². The van der Waals surface area contributed by atoms with Crippen molar-refractivity contribution in [1.82, 2.24) is 0 Å². The van der Waals surface area contributed by atoms with E-state index >= 15 is 0 Å². The molecule has 1 atom stereocenters. The number of thiophene rings is 1. The smallest absolute Gasteiger partial charge is 0.230 e. The summed E-state index contributed by atoms with van der Waals surface area (Å²) in [7, 11) is 0. The van der Waals surface area contributed by atoms with Gasteiger partial charge in [-0.25, -0.2) is 0 Å². The summed E-state index contributed by atoms with van der Waals surface area (Å²) in [5, 5.41) is 13.0. The molecule has 1 aromatic heterocycles. The molecule has 2 rings (SSSR count). The molecule has 0 unspecified atom stereocenters. The summed E-state index contributed by atoms with van der Waals surface area (Å²) in [6.07, 6.45) is 3.16. The third-order valence-corrected chi connectivity index (χ3v) is 4.73. The number of carbonyl (C=O) groups excluding carboxylic acids is 1. The van der Waals surface area contributed by atoms with Crippen molar-refractivity contribution in [2.24, 2.45) is 11.3 Å². The second-order valence-electron chi connectivity index (χ2n) is 6.37. The lowest BCUT2D eigenvalue weighted by Gasteiger charge is -2.18. The van der Waals surface area contributed by atoms with Crippen molar-refractivity contribution < 1.29 is 4.79 Å². The van der Waals surface area contributed by atoms with Crippen molar-refractivity contribution in [3.05, 3.63) is 16.0 Å². The predicted molar refractivity (Wildman–Crippen MR) is 78.3 cm³/mol. The Balaban J connectivity index is 2.33. The van der Waals surface area contributed by atoms with Gasteiger partial charge in [0.25, 0.3) is 0 Å². The van der Waals surface area contributed by atoms with Crippen molar-refractivity contribution in [2.75, 3.05) is 5.32 Å². The van der Waals surface area contributed by atoms with Crippen LogP contribution in [0.25, 0.3) is 0 Å². The van der Waals surface area contributed by atoms with Gasteiger partial charge in [-0.3, -0.25) is 4.79 Å². The van der Waals surface area contributed by atoms with E-state index < -0.39 is 5.41 Å². The Morgan fingerprint density at radius 3 is 2.74 bits per heavy atom. The lowest BCUT2D eigenvalue weighted by Crippen LogP contribution is -2.27. The first-order valence-electron chi connectivity index (χ1n) is 6.69. The lowest BCUT2D eigenvalue weighted by molar-refractivity contribution is -0.123. The molecule has 0 saturated heterocycles. The second kappa shape index (κ2) is 4.97. The minimum Gasteiger partial charge on any atom is -0.316 e. The number of nitrogens with zero attached hydrogens (tertiary/aromatic N) is 1. The minimum atomic E-state index is -0.440. The third kappa shape index (κ3) is 2.82. The van der Waals surface area contributed by atoms with Crippen LogP contribution in [-0.4, -0.2) is 5.91 Å². The molecule has 0 aliphatic heterocycles. The molecule has 0 spiro atoms. The van der Waals surface area contributed by atoms with E-state index in [9.17, 15) is 10.1 Å². The number of fused-ring (bicyclic) bond motifs is 1. The van der Waals surface area contributed by atoms with Crippen LogP contribution >= 0.6 is 11.3 Å². The number of hydrogen-bond donors (Lipinski definition) is 1. The molecule has 1 amide bonds. The zero-order chi connectivity index (χ0) is 14.2. The predicted octanol–water partition coefficient (Wildman–Crippen LogP) is 3.73. The Kier molecular flexibility index (Phi) is 3.69. The van der Waals surface area contributed by atoms with Gasteiger partial charge < -0.3 is 5.32 Å². The number of hydrogen-bond acceptors (Lipinski definition) is 3. The molecule has 0 aromatic carbocycles. The SMILES string of the molecule is C[C@@H]1CCc2sc(NC(=O)C(C)(C)C)c(C#N)c2C1. The highest BCUT2D eigenvalue weighted by Crippen LogP contribution is 2.39. The van der Waals surface area contributed by atoms with Crippen LogP contribution in [0.1, 0.15) is 50.1 Å². The summed E-state index contributed by atoms with van der Waals surface area (Å²) in [5.41, 5.74) is 1.41. The van der Waals surface area contributed by atoms with Gasteiger partial charge in [-0.05, 0) is 30.7 Å². The highest BCUT2D eigenvalue weighted by atomic mass is 32.1. The van der Waals surface area contributed by atoms with Crippen LogP contribution in [0.5, 0.6) is 0 Å². The summed E-state index contributed by atoms with van der Waals surface area (Å²) in [6, 6.07) is 2.28. The summed E-state index contributed by atoms with van der Waals surface area (Å²) in [5.74, 6) is 0.594. The molecular formula is C15H20N2OS. The molecule has 1 aliphatic rings. The molecule has 19 heavy (non-hydrogen) atoms. The number of nitriles is 1. The van der Waals surface area contributed by atoms with Gasteiger partial charge in [0, 0.05) is 10.3 Å². The van der Waals surface area contributed by atoms with Gasteiger partial charge >= 0.3 is 0 Å². The highest BCUT2D eigenvalue weighted by Gasteiger charge is 2.27. The van der Waals surface area contributed by atoms with Crippen LogP contribution in [0.2, 0.25) is 0 Å². The number of amides is 1.